The van der Waals surface area contributed by atoms with Crippen LogP contribution in [0, 0.1) is 0 Å². The van der Waals surface area contributed by atoms with Crippen molar-refractivity contribution in [2.24, 2.45) is 0 Å². The summed E-state index contributed by atoms with van der Waals surface area (Å²) in [5.74, 6) is -1.09. The molecule has 28 heavy (non-hydrogen) atoms. The molecular formula is C20H21N5O3. The second kappa shape index (κ2) is 8.43. The van der Waals surface area contributed by atoms with Crippen LogP contribution in [-0.4, -0.2) is 31.9 Å². The van der Waals surface area contributed by atoms with E-state index in [0.29, 0.717) is 11.2 Å². The van der Waals surface area contributed by atoms with Gasteiger partial charge < -0.3 is 16.2 Å². The summed E-state index contributed by atoms with van der Waals surface area (Å²) in [5.41, 5.74) is 10.3. The molecule has 3 rings (SSSR count). The Hall–Kier alpha value is -3.55. The topological polar surface area (TPSA) is 131 Å². The fourth-order valence-electron chi connectivity index (χ4n) is 2.83. The molecule has 1 amide bonds. The van der Waals surface area contributed by atoms with E-state index in [4.69, 9.17) is 15.8 Å². The molecule has 0 fully saturated rings. The van der Waals surface area contributed by atoms with E-state index in [1.165, 1.54) is 0 Å². The Morgan fingerprint density at radius 2 is 1.79 bits per heavy atom. The number of amides is 1. The maximum atomic E-state index is 11.7. The maximum Gasteiger partial charge on any atom is 0.303 e. The third-order valence-electron chi connectivity index (χ3n) is 4.15. The van der Waals surface area contributed by atoms with Crippen molar-refractivity contribution in [2.45, 2.75) is 32.6 Å². The summed E-state index contributed by atoms with van der Waals surface area (Å²) in [6.07, 6.45) is 1.43. The average Bonchev–Trinajstić information content (AvgIpc) is 2.67. The van der Waals surface area contributed by atoms with Crippen molar-refractivity contribution in [3.63, 3.8) is 0 Å². The van der Waals surface area contributed by atoms with E-state index in [1.807, 2.05) is 24.3 Å². The number of rotatable bonds is 7. The third kappa shape index (κ3) is 4.59. The number of benzene rings is 1. The van der Waals surface area contributed by atoms with Gasteiger partial charge in [-0.05, 0) is 30.7 Å². The standard InChI is InChI=1S/C20H21N5O3/c1-2-3-15-19-16(25-20(21)24-15)9-8-14(23-19)12-4-6-13(7-5-12)22-17(26)10-11-18(27)28/h4-9H,2-3,10-11H2,1H3,(H,22,26)(H,27,28)(H2,21,24,25). The van der Waals surface area contributed by atoms with E-state index in [2.05, 4.69) is 22.2 Å². The number of nitrogens with zero attached hydrogens (tertiary/aromatic N) is 3. The van der Waals surface area contributed by atoms with Crippen LogP contribution in [0.4, 0.5) is 11.6 Å². The predicted molar refractivity (Wildman–Crippen MR) is 107 cm³/mol. The minimum atomic E-state index is -0.999. The number of pyridine rings is 1. The number of carboxylic acids is 1. The number of nitrogen functional groups attached to an aromatic ring is 1. The Kier molecular flexibility index (Phi) is 5.78. The van der Waals surface area contributed by atoms with Gasteiger partial charge in [0.1, 0.15) is 5.52 Å². The van der Waals surface area contributed by atoms with Gasteiger partial charge >= 0.3 is 5.97 Å². The fourth-order valence-corrected chi connectivity index (χ4v) is 2.83. The van der Waals surface area contributed by atoms with Crippen molar-refractivity contribution < 1.29 is 14.7 Å². The van der Waals surface area contributed by atoms with E-state index in [-0.39, 0.29) is 24.7 Å². The summed E-state index contributed by atoms with van der Waals surface area (Å²) < 4.78 is 0. The highest BCUT2D eigenvalue weighted by atomic mass is 16.4. The minimum Gasteiger partial charge on any atom is -0.481 e. The summed E-state index contributed by atoms with van der Waals surface area (Å²) >= 11 is 0. The number of fused-ring (bicyclic) bond motifs is 1. The van der Waals surface area contributed by atoms with Crippen molar-refractivity contribution in [3.8, 4) is 11.3 Å². The summed E-state index contributed by atoms with van der Waals surface area (Å²) in [7, 11) is 0. The number of hydrogen-bond donors (Lipinski definition) is 3. The fraction of sp³-hybridized carbons (Fsp3) is 0.250. The number of carbonyl (C=O) groups is 2. The average molecular weight is 379 g/mol. The number of aryl methyl sites for hydroxylation is 1. The number of carboxylic acid groups (broad SMARTS) is 1. The van der Waals surface area contributed by atoms with Crippen molar-refractivity contribution in [1.82, 2.24) is 15.0 Å². The van der Waals surface area contributed by atoms with Crippen LogP contribution in [-0.2, 0) is 16.0 Å². The third-order valence-corrected chi connectivity index (χ3v) is 4.15. The molecule has 8 heteroatoms. The monoisotopic (exact) mass is 379 g/mol. The molecule has 0 unspecified atom stereocenters. The van der Waals surface area contributed by atoms with Gasteiger partial charge in [-0.1, -0.05) is 25.5 Å². The first-order valence-corrected chi connectivity index (χ1v) is 9.01. The predicted octanol–water partition coefficient (Wildman–Crippen LogP) is 3.03. The Labute approximate surface area is 161 Å². The molecular weight excluding hydrogens is 358 g/mol. The smallest absolute Gasteiger partial charge is 0.303 e. The van der Waals surface area contributed by atoms with Crippen LogP contribution >= 0.6 is 0 Å². The molecule has 0 saturated carbocycles. The molecule has 2 heterocycles. The van der Waals surface area contributed by atoms with Gasteiger partial charge in [-0.15, -0.1) is 0 Å². The first-order valence-electron chi connectivity index (χ1n) is 9.01. The van der Waals surface area contributed by atoms with Gasteiger partial charge in [0.2, 0.25) is 11.9 Å². The largest absolute Gasteiger partial charge is 0.481 e. The van der Waals surface area contributed by atoms with Gasteiger partial charge in [-0.2, -0.15) is 0 Å². The Balaban J connectivity index is 1.82. The van der Waals surface area contributed by atoms with Crippen LogP contribution < -0.4 is 11.1 Å². The summed E-state index contributed by atoms with van der Waals surface area (Å²) in [6.45, 7) is 2.07. The van der Waals surface area contributed by atoms with Gasteiger partial charge in [0.25, 0.3) is 0 Å². The van der Waals surface area contributed by atoms with Crippen molar-refractivity contribution >= 4 is 34.5 Å². The number of carbonyl (C=O) groups excluding carboxylic acids is 1. The summed E-state index contributed by atoms with van der Waals surface area (Å²) in [6, 6.07) is 10.9. The molecule has 0 bridgehead atoms. The van der Waals surface area contributed by atoms with Crippen LogP contribution in [0.1, 0.15) is 31.9 Å². The van der Waals surface area contributed by atoms with Crippen LogP contribution in [0.25, 0.3) is 22.3 Å². The van der Waals surface area contributed by atoms with Crippen LogP contribution in [0.5, 0.6) is 0 Å². The lowest BCUT2D eigenvalue weighted by molar-refractivity contribution is -0.138. The normalized spacial score (nSPS) is 10.8. The maximum absolute atomic E-state index is 11.7. The van der Waals surface area contributed by atoms with E-state index < -0.39 is 5.97 Å². The second-order valence-electron chi connectivity index (χ2n) is 6.36. The molecule has 8 nitrogen and oxygen atoms in total. The lowest BCUT2D eigenvalue weighted by atomic mass is 10.1. The van der Waals surface area contributed by atoms with E-state index in [1.54, 1.807) is 12.1 Å². The van der Waals surface area contributed by atoms with Gasteiger partial charge in [0, 0.05) is 17.7 Å². The van der Waals surface area contributed by atoms with Crippen LogP contribution in [0.3, 0.4) is 0 Å². The number of aliphatic carboxylic acids is 1. The highest BCUT2D eigenvalue weighted by Crippen LogP contribution is 2.24. The molecule has 3 aromatic rings. The Morgan fingerprint density at radius 1 is 1.04 bits per heavy atom. The number of aromatic nitrogens is 3. The summed E-state index contributed by atoms with van der Waals surface area (Å²) in [4.78, 5) is 35.5. The first-order chi connectivity index (χ1) is 13.5. The summed E-state index contributed by atoms with van der Waals surface area (Å²) in [5, 5.41) is 11.3. The van der Waals surface area contributed by atoms with Crippen molar-refractivity contribution in [2.75, 3.05) is 11.1 Å². The molecule has 0 atom stereocenters. The van der Waals surface area contributed by atoms with Crippen LogP contribution in [0.2, 0.25) is 0 Å². The second-order valence-corrected chi connectivity index (χ2v) is 6.36. The van der Waals surface area contributed by atoms with Gasteiger partial charge in [0.05, 0.1) is 23.3 Å². The highest BCUT2D eigenvalue weighted by molar-refractivity contribution is 5.92. The van der Waals surface area contributed by atoms with Gasteiger partial charge in [-0.25, -0.2) is 15.0 Å². The van der Waals surface area contributed by atoms with E-state index in [0.717, 1.165) is 35.3 Å². The van der Waals surface area contributed by atoms with Gasteiger partial charge in [-0.3, -0.25) is 9.59 Å². The van der Waals surface area contributed by atoms with Crippen LogP contribution in [0.15, 0.2) is 36.4 Å². The van der Waals surface area contributed by atoms with Gasteiger partial charge in [0.15, 0.2) is 0 Å². The number of hydrogen-bond acceptors (Lipinski definition) is 6. The van der Waals surface area contributed by atoms with E-state index in [9.17, 15) is 9.59 Å². The number of nitrogens with one attached hydrogen (secondary N) is 1. The molecule has 0 radical (unpaired) electrons. The first kappa shape index (κ1) is 19.2. The molecule has 0 saturated heterocycles. The number of nitrogens with two attached hydrogens (primary N) is 1. The molecule has 1 aromatic carbocycles. The Bertz CT molecular complexity index is 1020. The Morgan fingerprint density at radius 3 is 2.46 bits per heavy atom. The zero-order valence-electron chi connectivity index (χ0n) is 15.5. The lowest BCUT2D eigenvalue weighted by Crippen LogP contribution is -2.13. The molecule has 144 valence electrons. The van der Waals surface area contributed by atoms with Crippen molar-refractivity contribution in [1.29, 1.82) is 0 Å². The molecule has 4 N–H and O–H groups in total. The molecule has 0 aliphatic carbocycles. The molecule has 2 aromatic heterocycles. The quantitative estimate of drug-likeness (QED) is 0.575. The molecule has 0 aliphatic rings. The van der Waals surface area contributed by atoms with Crippen molar-refractivity contribution in [3.05, 3.63) is 42.1 Å². The molecule has 0 spiro atoms. The van der Waals surface area contributed by atoms with E-state index >= 15 is 0 Å². The highest BCUT2D eigenvalue weighted by Gasteiger charge is 2.10. The number of anilines is 2. The minimum absolute atomic E-state index is 0.0628. The lowest BCUT2D eigenvalue weighted by Gasteiger charge is -2.09. The molecule has 0 aliphatic heterocycles. The SMILES string of the molecule is CCCc1nc(N)nc2ccc(-c3ccc(NC(=O)CCC(=O)O)cc3)nc12. The zero-order chi connectivity index (χ0) is 20.1. The zero-order valence-corrected chi connectivity index (χ0v) is 15.5.